The summed E-state index contributed by atoms with van der Waals surface area (Å²) in [5, 5.41) is 8.07. The molecule has 1 heterocycles. The van der Waals surface area contributed by atoms with Gasteiger partial charge in [0.25, 0.3) is 0 Å². The van der Waals surface area contributed by atoms with Crippen LogP contribution in [-0.2, 0) is 16.5 Å². The third-order valence-electron chi connectivity index (χ3n) is 3.14. The lowest BCUT2D eigenvalue weighted by atomic mass is 10.1. The quantitative estimate of drug-likeness (QED) is 0.668. The highest BCUT2D eigenvalue weighted by atomic mass is 32.2. The first kappa shape index (κ1) is 15.1. The Balaban J connectivity index is 1.81. The van der Waals surface area contributed by atoms with Crippen LogP contribution in [0, 0.1) is 11.3 Å². The molecule has 23 heavy (non-hydrogen) atoms. The van der Waals surface area contributed by atoms with E-state index in [0.29, 0.717) is 23.9 Å². The van der Waals surface area contributed by atoms with E-state index in [1.54, 1.807) is 36.4 Å². The summed E-state index contributed by atoms with van der Waals surface area (Å²) in [4.78, 5) is 3.92. The predicted octanol–water partition coefficient (Wildman–Crippen LogP) is 3.05. The van der Waals surface area contributed by atoms with Crippen LogP contribution < -0.4 is 4.18 Å². The molecule has 0 atom stereocenters. The molecule has 6 nitrogen and oxygen atoms in total. The van der Waals surface area contributed by atoms with Gasteiger partial charge in [-0.1, -0.05) is 24.3 Å². The highest BCUT2D eigenvalue weighted by Crippen LogP contribution is 2.22. The van der Waals surface area contributed by atoms with Gasteiger partial charge in [-0.3, -0.25) is 0 Å². The summed E-state index contributed by atoms with van der Waals surface area (Å²) in [5.74, 6) is 0.160. The lowest BCUT2D eigenvalue weighted by molar-refractivity contribution is 0.411. The van der Waals surface area contributed by atoms with E-state index in [4.69, 9.17) is 13.9 Å². The van der Waals surface area contributed by atoms with Crippen molar-refractivity contribution >= 4 is 21.2 Å². The van der Waals surface area contributed by atoms with Crippen LogP contribution in [0.2, 0.25) is 0 Å². The molecule has 3 rings (SSSR count). The van der Waals surface area contributed by atoms with E-state index in [2.05, 4.69) is 11.1 Å². The first-order chi connectivity index (χ1) is 11.1. The van der Waals surface area contributed by atoms with Crippen molar-refractivity contribution < 1.29 is 17.0 Å². The number of benzene rings is 2. The number of aromatic nitrogens is 1. The Kier molecular flexibility index (Phi) is 4.00. The Bertz CT molecular complexity index is 936. The molecule has 0 radical (unpaired) electrons. The molecule has 0 saturated heterocycles. The van der Waals surface area contributed by atoms with E-state index in [1.165, 1.54) is 12.1 Å². The van der Waals surface area contributed by atoms with Crippen LogP contribution in [0.25, 0.3) is 11.1 Å². The molecule has 0 unspecified atom stereocenters. The van der Waals surface area contributed by atoms with Gasteiger partial charge in [0.1, 0.15) is 11.3 Å². The van der Waals surface area contributed by atoms with Crippen LogP contribution in [0.4, 0.5) is 0 Å². The van der Waals surface area contributed by atoms with Gasteiger partial charge in [0, 0.05) is 6.42 Å². The molecule has 0 amide bonds. The number of nitriles is 1. The Labute approximate surface area is 133 Å². The maximum absolute atomic E-state index is 12.2. The van der Waals surface area contributed by atoms with Gasteiger partial charge in [-0.2, -0.15) is 18.7 Å². The summed E-state index contributed by atoms with van der Waals surface area (Å²) in [6.07, 6.45) is 1.01. The number of rotatable bonds is 5. The van der Waals surface area contributed by atoms with Crippen LogP contribution in [-0.4, -0.2) is 13.4 Å². The molecule has 0 spiro atoms. The molecule has 116 valence electrons. The zero-order chi connectivity index (χ0) is 16.3. The molecule has 2 aromatic carbocycles. The minimum absolute atomic E-state index is 0.160. The van der Waals surface area contributed by atoms with E-state index in [9.17, 15) is 8.42 Å². The van der Waals surface area contributed by atoms with Crippen molar-refractivity contribution in [2.45, 2.75) is 18.1 Å². The number of oxazole rings is 1. The number of hydrogen-bond donors (Lipinski definition) is 0. The summed E-state index contributed by atoms with van der Waals surface area (Å²) >= 11 is 0. The first-order valence-electron chi connectivity index (χ1n) is 6.84. The molecule has 0 N–H and O–H groups in total. The Morgan fingerprint density at radius 1 is 1.13 bits per heavy atom. The van der Waals surface area contributed by atoms with Crippen molar-refractivity contribution in [1.82, 2.24) is 4.98 Å². The molecule has 0 bridgehead atoms. The Hall–Kier alpha value is -2.85. The van der Waals surface area contributed by atoms with Crippen LogP contribution in [0.1, 0.15) is 12.0 Å². The van der Waals surface area contributed by atoms with Crippen LogP contribution in [0.3, 0.4) is 0 Å². The SMILES string of the molecule is N#CCCc1ccc(OS(=O)(=O)c2nc3ccccc3o2)cc1. The molecule has 1 aromatic heterocycles. The molecule has 0 fully saturated rings. The minimum Gasteiger partial charge on any atom is -0.425 e. The predicted molar refractivity (Wildman–Crippen MR) is 82.2 cm³/mol. The Morgan fingerprint density at radius 2 is 1.87 bits per heavy atom. The monoisotopic (exact) mass is 328 g/mol. The summed E-state index contributed by atoms with van der Waals surface area (Å²) in [7, 11) is -4.14. The van der Waals surface area contributed by atoms with Gasteiger partial charge >= 0.3 is 15.3 Å². The second-order valence-electron chi connectivity index (χ2n) is 4.79. The standard InChI is InChI=1S/C16H12N2O4S/c17-11-3-4-12-7-9-13(10-8-12)22-23(19,20)16-18-14-5-1-2-6-15(14)21-16/h1-2,5-10H,3-4H2. The van der Waals surface area contributed by atoms with Gasteiger partial charge < -0.3 is 8.60 Å². The molecule has 7 heteroatoms. The summed E-state index contributed by atoms with van der Waals surface area (Å²) in [6, 6.07) is 15.3. The van der Waals surface area contributed by atoms with Crippen molar-refractivity contribution in [3.63, 3.8) is 0 Å². The highest BCUT2D eigenvalue weighted by molar-refractivity contribution is 7.86. The largest absolute Gasteiger partial charge is 0.425 e. The fourth-order valence-electron chi connectivity index (χ4n) is 2.03. The van der Waals surface area contributed by atoms with E-state index in [1.807, 2.05) is 0 Å². The second-order valence-corrected chi connectivity index (χ2v) is 6.21. The molecule has 3 aromatic rings. The highest BCUT2D eigenvalue weighted by Gasteiger charge is 2.24. The maximum atomic E-state index is 12.2. The van der Waals surface area contributed by atoms with Gasteiger partial charge in [0.05, 0.1) is 6.07 Å². The number of fused-ring (bicyclic) bond motifs is 1. The summed E-state index contributed by atoms with van der Waals surface area (Å²) in [6.45, 7) is 0. The second kappa shape index (κ2) is 6.10. The van der Waals surface area contributed by atoms with E-state index in [0.717, 1.165) is 5.56 Å². The normalized spacial score (nSPS) is 11.3. The van der Waals surface area contributed by atoms with E-state index in [-0.39, 0.29) is 5.75 Å². The fourth-order valence-corrected chi connectivity index (χ4v) is 2.87. The summed E-state index contributed by atoms with van der Waals surface area (Å²) in [5.41, 5.74) is 1.75. The fraction of sp³-hybridized carbons (Fsp3) is 0.125. The Morgan fingerprint density at radius 3 is 2.57 bits per heavy atom. The average molecular weight is 328 g/mol. The van der Waals surface area contributed by atoms with Gasteiger partial charge in [-0.25, -0.2) is 0 Å². The van der Waals surface area contributed by atoms with E-state index < -0.39 is 15.3 Å². The lowest BCUT2D eigenvalue weighted by Crippen LogP contribution is -2.10. The van der Waals surface area contributed by atoms with Crippen LogP contribution in [0.15, 0.2) is 58.2 Å². The van der Waals surface area contributed by atoms with Crippen molar-refractivity contribution in [3.8, 4) is 11.8 Å². The van der Waals surface area contributed by atoms with Gasteiger partial charge in [0.15, 0.2) is 5.58 Å². The van der Waals surface area contributed by atoms with Crippen LogP contribution in [0.5, 0.6) is 5.75 Å². The molecular weight excluding hydrogens is 316 g/mol. The zero-order valence-electron chi connectivity index (χ0n) is 12.0. The number of hydrogen-bond acceptors (Lipinski definition) is 6. The number of nitrogens with zero attached hydrogens (tertiary/aromatic N) is 2. The van der Waals surface area contributed by atoms with Crippen LogP contribution >= 0.6 is 0 Å². The number of aryl methyl sites for hydroxylation is 1. The average Bonchev–Trinajstić information content (AvgIpc) is 2.99. The first-order valence-corrected chi connectivity index (χ1v) is 8.25. The summed E-state index contributed by atoms with van der Waals surface area (Å²) < 4.78 is 34.7. The van der Waals surface area contributed by atoms with Crippen molar-refractivity contribution in [3.05, 3.63) is 54.1 Å². The van der Waals surface area contributed by atoms with E-state index >= 15 is 0 Å². The van der Waals surface area contributed by atoms with Crippen molar-refractivity contribution in [1.29, 1.82) is 5.26 Å². The molecule has 0 aliphatic rings. The van der Waals surface area contributed by atoms with Crippen molar-refractivity contribution in [2.24, 2.45) is 0 Å². The van der Waals surface area contributed by atoms with Gasteiger partial charge in [-0.15, -0.1) is 0 Å². The minimum atomic E-state index is -4.14. The molecule has 0 aliphatic heterocycles. The zero-order valence-corrected chi connectivity index (χ0v) is 12.8. The smallest absolute Gasteiger partial charge is 0.392 e. The van der Waals surface area contributed by atoms with Gasteiger partial charge in [-0.05, 0) is 36.2 Å². The van der Waals surface area contributed by atoms with Gasteiger partial charge in [0.2, 0.25) is 0 Å². The van der Waals surface area contributed by atoms with Crippen molar-refractivity contribution in [2.75, 3.05) is 0 Å². The molecule has 0 saturated carbocycles. The topological polar surface area (TPSA) is 93.2 Å². The lowest BCUT2D eigenvalue weighted by Gasteiger charge is -2.04. The number of para-hydroxylation sites is 2. The third-order valence-corrected chi connectivity index (χ3v) is 4.16. The maximum Gasteiger partial charge on any atom is 0.392 e. The molecular formula is C16H12N2O4S. The molecule has 0 aliphatic carbocycles. The third kappa shape index (κ3) is 3.33.